The van der Waals surface area contributed by atoms with Gasteiger partial charge in [-0.3, -0.25) is 19.7 Å². The van der Waals surface area contributed by atoms with Gasteiger partial charge in [0.15, 0.2) is 6.61 Å². The van der Waals surface area contributed by atoms with E-state index >= 15 is 0 Å². The first-order valence-electron chi connectivity index (χ1n) is 6.81. The van der Waals surface area contributed by atoms with E-state index in [-0.39, 0.29) is 24.7 Å². The number of hydrogen-bond acceptors (Lipinski definition) is 6. The van der Waals surface area contributed by atoms with E-state index in [1.165, 1.54) is 6.92 Å². The standard InChI is InChI=1S/C14H13F3N2O6/c1-8(20)2-5-13(22)25-7-12(21)18-10-4-3-9(14(15,16)17)6-11(10)19(23)24/h3-4,6H,2,5,7H2,1H3,(H,18,21). The van der Waals surface area contributed by atoms with E-state index in [0.717, 1.165) is 6.07 Å². The highest BCUT2D eigenvalue weighted by molar-refractivity contribution is 5.95. The van der Waals surface area contributed by atoms with E-state index in [9.17, 15) is 37.7 Å². The fraction of sp³-hybridized carbons (Fsp3) is 0.357. The van der Waals surface area contributed by atoms with E-state index in [1.807, 2.05) is 5.32 Å². The topological polar surface area (TPSA) is 116 Å². The van der Waals surface area contributed by atoms with Crippen molar-refractivity contribution in [3.8, 4) is 0 Å². The number of Topliss-reactive ketones (excluding diaryl/α,β-unsaturated/α-hetero) is 1. The van der Waals surface area contributed by atoms with Gasteiger partial charge in [-0.2, -0.15) is 13.2 Å². The number of anilines is 1. The summed E-state index contributed by atoms with van der Waals surface area (Å²) in [6, 6.07) is 1.59. The van der Waals surface area contributed by atoms with Crippen molar-refractivity contribution < 1.29 is 37.2 Å². The lowest BCUT2D eigenvalue weighted by Crippen LogP contribution is -2.21. The largest absolute Gasteiger partial charge is 0.456 e. The summed E-state index contributed by atoms with van der Waals surface area (Å²) in [6.45, 7) is 0.471. The summed E-state index contributed by atoms with van der Waals surface area (Å²) in [5.74, 6) is -2.05. The van der Waals surface area contributed by atoms with Gasteiger partial charge in [-0.15, -0.1) is 0 Å². The quantitative estimate of drug-likeness (QED) is 0.452. The number of hydrogen-bond donors (Lipinski definition) is 1. The second kappa shape index (κ2) is 8.22. The van der Waals surface area contributed by atoms with Gasteiger partial charge in [0.25, 0.3) is 11.6 Å². The second-order valence-corrected chi connectivity index (χ2v) is 4.90. The van der Waals surface area contributed by atoms with E-state index in [2.05, 4.69) is 4.74 Å². The molecule has 11 heteroatoms. The van der Waals surface area contributed by atoms with E-state index < -0.39 is 46.5 Å². The first-order chi connectivity index (χ1) is 11.5. The molecule has 0 bridgehead atoms. The van der Waals surface area contributed by atoms with Crippen molar-refractivity contribution in [3.05, 3.63) is 33.9 Å². The number of alkyl halides is 3. The first kappa shape index (κ1) is 20.1. The number of carbonyl (C=O) groups is 3. The molecule has 1 aromatic rings. The number of ether oxygens (including phenoxy) is 1. The number of halogens is 3. The molecule has 0 unspecified atom stereocenters. The van der Waals surface area contributed by atoms with Crippen molar-refractivity contribution in [3.63, 3.8) is 0 Å². The van der Waals surface area contributed by atoms with Crippen LogP contribution in [0.15, 0.2) is 18.2 Å². The molecule has 0 saturated carbocycles. The van der Waals surface area contributed by atoms with Crippen molar-refractivity contribution in [2.24, 2.45) is 0 Å². The number of carbonyl (C=O) groups excluding carboxylic acids is 3. The summed E-state index contributed by atoms with van der Waals surface area (Å²) in [5, 5.41) is 12.9. The molecule has 136 valence electrons. The number of nitrogens with zero attached hydrogens (tertiary/aromatic N) is 1. The normalized spacial score (nSPS) is 10.9. The van der Waals surface area contributed by atoms with Gasteiger partial charge >= 0.3 is 12.1 Å². The van der Waals surface area contributed by atoms with Gasteiger partial charge in [0.1, 0.15) is 11.5 Å². The number of amides is 1. The third kappa shape index (κ3) is 6.57. The first-order valence-corrected chi connectivity index (χ1v) is 6.81. The number of ketones is 1. The lowest BCUT2D eigenvalue weighted by molar-refractivity contribution is -0.384. The Morgan fingerprint density at radius 2 is 1.88 bits per heavy atom. The number of rotatable bonds is 7. The Morgan fingerprint density at radius 1 is 1.24 bits per heavy atom. The summed E-state index contributed by atoms with van der Waals surface area (Å²) in [7, 11) is 0. The minimum Gasteiger partial charge on any atom is -0.456 e. The SMILES string of the molecule is CC(=O)CCC(=O)OCC(=O)Nc1ccc(C(F)(F)F)cc1[N+](=O)[O-]. The highest BCUT2D eigenvalue weighted by Gasteiger charge is 2.33. The Labute approximate surface area is 139 Å². The molecular weight excluding hydrogens is 349 g/mol. The molecule has 1 aromatic carbocycles. The number of esters is 1. The van der Waals surface area contributed by atoms with Gasteiger partial charge in [-0.25, -0.2) is 0 Å². The maximum absolute atomic E-state index is 12.6. The number of benzene rings is 1. The second-order valence-electron chi connectivity index (χ2n) is 4.90. The summed E-state index contributed by atoms with van der Waals surface area (Å²) >= 11 is 0. The highest BCUT2D eigenvalue weighted by atomic mass is 19.4. The maximum atomic E-state index is 12.6. The Bertz CT molecular complexity index is 702. The van der Waals surface area contributed by atoms with E-state index in [4.69, 9.17) is 0 Å². The zero-order valence-corrected chi connectivity index (χ0v) is 12.9. The molecular formula is C14H13F3N2O6. The minimum atomic E-state index is -4.78. The zero-order valence-electron chi connectivity index (χ0n) is 12.9. The molecule has 0 aliphatic rings. The smallest absolute Gasteiger partial charge is 0.416 e. The van der Waals surface area contributed by atoms with Gasteiger partial charge < -0.3 is 14.8 Å². The van der Waals surface area contributed by atoms with Gasteiger partial charge in [0.05, 0.1) is 16.9 Å². The van der Waals surface area contributed by atoms with Crippen molar-refractivity contribution in [1.82, 2.24) is 0 Å². The van der Waals surface area contributed by atoms with Crippen LogP contribution < -0.4 is 5.32 Å². The molecule has 0 aliphatic heterocycles. The average molecular weight is 362 g/mol. The summed E-state index contributed by atoms with van der Waals surface area (Å²) < 4.78 is 42.3. The summed E-state index contributed by atoms with van der Waals surface area (Å²) in [4.78, 5) is 43.3. The predicted octanol–water partition coefficient (Wildman–Crippen LogP) is 2.46. The van der Waals surface area contributed by atoms with Crippen LogP contribution in [-0.4, -0.2) is 29.2 Å². The van der Waals surface area contributed by atoms with Gasteiger partial charge in [0.2, 0.25) is 0 Å². The molecule has 0 aliphatic carbocycles. The lowest BCUT2D eigenvalue weighted by atomic mass is 10.1. The molecule has 0 spiro atoms. The Morgan fingerprint density at radius 3 is 2.40 bits per heavy atom. The third-order valence-electron chi connectivity index (χ3n) is 2.84. The Balaban J connectivity index is 2.75. The zero-order chi connectivity index (χ0) is 19.2. The molecule has 0 saturated heterocycles. The Hall–Kier alpha value is -2.98. The predicted molar refractivity (Wildman–Crippen MR) is 77.6 cm³/mol. The van der Waals surface area contributed by atoms with Crippen LogP contribution in [0.4, 0.5) is 24.5 Å². The molecule has 1 rings (SSSR count). The molecule has 25 heavy (non-hydrogen) atoms. The number of nitrogens with one attached hydrogen (secondary N) is 1. The van der Waals surface area contributed by atoms with Crippen LogP contribution >= 0.6 is 0 Å². The molecule has 8 nitrogen and oxygen atoms in total. The number of nitro benzene ring substituents is 1. The van der Waals surface area contributed by atoms with Gasteiger partial charge in [0, 0.05) is 12.5 Å². The monoisotopic (exact) mass is 362 g/mol. The molecule has 0 radical (unpaired) electrons. The van der Waals surface area contributed by atoms with Crippen molar-refractivity contribution in [2.75, 3.05) is 11.9 Å². The van der Waals surface area contributed by atoms with Crippen LogP contribution in [0.25, 0.3) is 0 Å². The summed E-state index contributed by atoms with van der Waals surface area (Å²) in [5.41, 5.74) is -2.67. The minimum absolute atomic E-state index is 0.0647. The van der Waals surface area contributed by atoms with Crippen molar-refractivity contribution in [1.29, 1.82) is 0 Å². The summed E-state index contributed by atoms with van der Waals surface area (Å²) in [6.07, 6.45) is -5.08. The lowest BCUT2D eigenvalue weighted by Gasteiger charge is -2.10. The average Bonchev–Trinajstić information content (AvgIpc) is 2.49. The van der Waals surface area contributed by atoms with Crippen LogP contribution in [0, 0.1) is 10.1 Å². The van der Waals surface area contributed by atoms with Crippen LogP contribution in [0.1, 0.15) is 25.3 Å². The van der Waals surface area contributed by atoms with Gasteiger partial charge in [-0.05, 0) is 19.1 Å². The molecule has 1 amide bonds. The van der Waals surface area contributed by atoms with Crippen molar-refractivity contribution in [2.45, 2.75) is 25.9 Å². The molecule has 1 N–H and O–H groups in total. The molecule has 0 atom stereocenters. The Kier molecular flexibility index (Phi) is 6.60. The fourth-order valence-corrected chi connectivity index (χ4v) is 1.65. The maximum Gasteiger partial charge on any atom is 0.416 e. The molecule has 0 fully saturated rings. The van der Waals surface area contributed by atoms with Crippen LogP contribution in [0.3, 0.4) is 0 Å². The highest BCUT2D eigenvalue weighted by Crippen LogP contribution is 2.34. The van der Waals surface area contributed by atoms with E-state index in [1.54, 1.807) is 0 Å². The molecule has 0 heterocycles. The fourth-order valence-electron chi connectivity index (χ4n) is 1.65. The van der Waals surface area contributed by atoms with E-state index in [0.29, 0.717) is 6.07 Å². The number of nitro groups is 1. The van der Waals surface area contributed by atoms with Crippen LogP contribution in [0.5, 0.6) is 0 Å². The molecule has 0 aromatic heterocycles. The van der Waals surface area contributed by atoms with Crippen molar-refractivity contribution >= 4 is 29.0 Å². The van der Waals surface area contributed by atoms with Crippen LogP contribution in [0.2, 0.25) is 0 Å². The van der Waals surface area contributed by atoms with Gasteiger partial charge in [-0.1, -0.05) is 0 Å². The third-order valence-corrected chi connectivity index (χ3v) is 2.84. The van der Waals surface area contributed by atoms with Crippen LogP contribution in [-0.2, 0) is 25.3 Å².